The zero-order valence-electron chi connectivity index (χ0n) is 10.6. The number of nitrogens with two attached hydrogens (primary N) is 1. The van der Waals surface area contributed by atoms with Crippen LogP contribution in [0.1, 0.15) is 18.0 Å². The fraction of sp³-hybridized carbons (Fsp3) is 0.133. The molecule has 0 radical (unpaired) electrons. The molecule has 0 spiro atoms. The number of rotatable bonds is 4. The molecule has 2 rings (SSSR count). The Labute approximate surface area is 131 Å². The minimum atomic E-state index is -0.325. The van der Waals surface area contributed by atoms with E-state index in [2.05, 4.69) is 21.2 Å². The van der Waals surface area contributed by atoms with Gasteiger partial charge in [0.25, 0.3) is 0 Å². The van der Waals surface area contributed by atoms with Gasteiger partial charge in [0.15, 0.2) is 0 Å². The summed E-state index contributed by atoms with van der Waals surface area (Å²) in [4.78, 5) is 12.0. The third-order valence-corrected chi connectivity index (χ3v) is 4.26. The average molecular weight is 354 g/mol. The van der Waals surface area contributed by atoms with E-state index in [1.54, 1.807) is 18.2 Å². The molecule has 0 aliphatic carbocycles. The monoisotopic (exact) mass is 352 g/mol. The van der Waals surface area contributed by atoms with Crippen molar-refractivity contribution in [3.05, 3.63) is 63.6 Å². The lowest BCUT2D eigenvalue weighted by molar-refractivity contribution is -0.116. The Bertz CT molecular complexity index is 604. The van der Waals surface area contributed by atoms with E-state index in [1.165, 1.54) is 0 Å². The molecule has 3 nitrogen and oxygen atoms in total. The summed E-state index contributed by atoms with van der Waals surface area (Å²) in [5.74, 6) is -0.149. The van der Waals surface area contributed by atoms with Crippen molar-refractivity contribution >= 4 is 39.1 Å². The van der Waals surface area contributed by atoms with Crippen LogP contribution in [-0.4, -0.2) is 5.91 Å². The van der Waals surface area contributed by atoms with Crippen LogP contribution < -0.4 is 11.1 Å². The second-order valence-electron chi connectivity index (χ2n) is 4.37. The number of carbonyl (C=O) groups excluding carboxylic acids is 1. The molecule has 2 aromatic carbocycles. The van der Waals surface area contributed by atoms with Crippen molar-refractivity contribution in [2.45, 2.75) is 12.5 Å². The van der Waals surface area contributed by atoms with Crippen molar-refractivity contribution in [3.63, 3.8) is 0 Å². The summed E-state index contributed by atoms with van der Waals surface area (Å²) >= 11 is 9.32. The van der Waals surface area contributed by atoms with Gasteiger partial charge in [0, 0.05) is 12.5 Å². The molecule has 0 aliphatic heterocycles. The second kappa shape index (κ2) is 6.88. The minimum Gasteiger partial charge on any atom is -0.325 e. The number of amides is 1. The molecule has 3 N–H and O–H groups in total. The number of halogens is 2. The largest absolute Gasteiger partial charge is 0.325 e. The van der Waals surface area contributed by atoms with Crippen LogP contribution in [0, 0.1) is 0 Å². The average Bonchev–Trinajstić information content (AvgIpc) is 2.45. The molecule has 5 heteroatoms. The Morgan fingerprint density at radius 3 is 2.60 bits per heavy atom. The topological polar surface area (TPSA) is 55.1 Å². The predicted molar refractivity (Wildman–Crippen MR) is 85.8 cm³/mol. The number of anilines is 1. The van der Waals surface area contributed by atoms with Gasteiger partial charge in [-0.15, -0.1) is 0 Å². The molecule has 1 atom stereocenters. The van der Waals surface area contributed by atoms with Crippen LogP contribution >= 0.6 is 27.5 Å². The van der Waals surface area contributed by atoms with Crippen LogP contribution in [-0.2, 0) is 4.79 Å². The van der Waals surface area contributed by atoms with Gasteiger partial charge in [0.1, 0.15) is 0 Å². The molecule has 0 aromatic heterocycles. The summed E-state index contributed by atoms with van der Waals surface area (Å²) in [7, 11) is 0. The number of nitrogens with one attached hydrogen (secondary N) is 1. The Morgan fingerprint density at radius 1 is 1.20 bits per heavy atom. The standard InChI is InChI=1S/C15H14BrClN2O/c16-15-11(17)7-4-8-13(15)19-14(20)9-12(18)10-5-2-1-3-6-10/h1-8,12H,9,18H2,(H,19,20). The molecule has 0 aliphatic rings. The zero-order valence-corrected chi connectivity index (χ0v) is 13.0. The molecule has 1 unspecified atom stereocenters. The van der Waals surface area contributed by atoms with E-state index < -0.39 is 0 Å². The number of hydrogen-bond donors (Lipinski definition) is 2. The van der Waals surface area contributed by atoms with Crippen LogP contribution in [0.5, 0.6) is 0 Å². The molecule has 0 fully saturated rings. The maximum absolute atomic E-state index is 12.0. The number of hydrogen-bond acceptors (Lipinski definition) is 2. The van der Waals surface area contributed by atoms with Gasteiger partial charge in [-0.2, -0.15) is 0 Å². The third kappa shape index (κ3) is 3.82. The first-order valence-electron chi connectivity index (χ1n) is 6.12. The van der Waals surface area contributed by atoms with Gasteiger partial charge >= 0.3 is 0 Å². The molecular weight excluding hydrogens is 340 g/mol. The minimum absolute atomic E-state index is 0.149. The van der Waals surface area contributed by atoms with Gasteiger partial charge in [0.05, 0.1) is 15.2 Å². The highest BCUT2D eigenvalue weighted by Gasteiger charge is 2.13. The van der Waals surface area contributed by atoms with Gasteiger partial charge < -0.3 is 11.1 Å². The van der Waals surface area contributed by atoms with E-state index in [0.717, 1.165) is 5.56 Å². The highest BCUT2D eigenvalue weighted by Crippen LogP contribution is 2.30. The highest BCUT2D eigenvalue weighted by molar-refractivity contribution is 9.10. The van der Waals surface area contributed by atoms with E-state index in [-0.39, 0.29) is 18.4 Å². The molecule has 0 heterocycles. The Kier molecular flexibility index (Phi) is 5.17. The van der Waals surface area contributed by atoms with Crippen molar-refractivity contribution < 1.29 is 4.79 Å². The summed E-state index contributed by atoms with van der Waals surface area (Å²) in [6.07, 6.45) is 0.211. The lowest BCUT2D eigenvalue weighted by Gasteiger charge is -2.13. The first-order chi connectivity index (χ1) is 9.58. The van der Waals surface area contributed by atoms with Crippen LogP contribution in [0.4, 0.5) is 5.69 Å². The van der Waals surface area contributed by atoms with Gasteiger partial charge in [0.2, 0.25) is 5.91 Å². The SMILES string of the molecule is NC(CC(=O)Nc1cccc(Cl)c1Br)c1ccccc1. The highest BCUT2D eigenvalue weighted by atomic mass is 79.9. The van der Waals surface area contributed by atoms with E-state index in [4.69, 9.17) is 17.3 Å². The summed E-state index contributed by atoms with van der Waals surface area (Å²) in [5.41, 5.74) is 7.60. The van der Waals surface area contributed by atoms with E-state index in [0.29, 0.717) is 15.2 Å². The van der Waals surface area contributed by atoms with Gasteiger partial charge in [-0.25, -0.2) is 0 Å². The van der Waals surface area contributed by atoms with Gasteiger partial charge in [-0.05, 0) is 33.6 Å². The Hall–Kier alpha value is -1.36. The number of benzene rings is 2. The summed E-state index contributed by atoms with van der Waals surface area (Å²) in [5, 5.41) is 3.35. The van der Waals surface area contributed by atoms with Crippen molar-refractivity contribution in [1.82, 2.24) is 0 Å². The molecular formula is C15H14BrClN2O. The third-order valence-electron chi connectivity index (χ3n) is 2.86. The van der Waals surface area contributed by atoms with Crippen molar-refractivity contribution in [1.29, 1.82) is 0 Å². The molecule has 0 saturated carbocycles. The second-order valence-corrected chi connectivity index (χ2v) is 5.57. The lowest BCUT2D eigenvalue weighted by atomic mass is 10.0. The zero-order chi connectivity index (χ0) is 14.5. The fourth-order valence-electron chi connectivity index (χ4n) is 1.82. The van der Waals surface area contributed by atoms with Crippen molar-refractivity contribution in [2.75, 3.05) is 5.32 Å². The van der Waals surface area contributed by atoms with Crippen LogP contribution in [0.3, 0.4) is 0 Å². The maximum atomic E-state index is 12.0. The molecule has 0 saturated heterocycles. The van der Waals surface area contributed by atoms with Crippen LogP contribution in [0.25, 0.3) is 0 Å². The first-order valence-corrected chi connectivity index (χ1v) is 7.29. The van der Waals surface area contributed by atoms with E-state index in [9.17, 15) is 4.79 Å². The van der Waals surface area contributed by atoms with E-state index in [1.807, 2.05) is 30.3 Å². The molecule has 0 bridgehead atoms. The summed E-state index contributed by atoms with van der Waals surface area (Å²) < 4.78 is 0.670. The maximum Gasteiger partial charge on any atom is 0.226 e. The molecule has 2 aromatic rings. The van der Waals surface area contributed by atoms with Crippen LogP contribution in [0.2, 0.25) is 5.02 Å². The van der Waals surface area contributed by atoms with E-state index >= 15 is 0 Å². The quantitative estimate of drug-likeness (QED) is 0.868. The summed E-state index contributed by atoms with van der Waals surface area (Å²) in [6, 6.07) is 14.5. The lowest BCUT2D eigenvalue weighted by Crippen LogP contribution is -2.20. The summed E-state index contributed by atoms with van der Waals surface area (Å²) in [6.45, 7) is 0. The normalized spacial score (nSPS) is 11.9. The molecule has 104 valence electrons. The predicted octanol–water partition coefficient (Wildman–Crippen LogP) is 4.13. The molecule has 20 heavy (non-hydrogen) atoms. The smallest absolute Gasteiger partial charge is 0.226 e. The Balaban J connectivity index is 2.01. The Morgan fingerprint density at radius 2 is 1.90 bits per heavy atom. The van der Waals surface area contributed by atoms with Crippen molar-refractivity contribution in [3.8, 4) is 0 Å². The first kappa shape index (κ1) is 15.0. The molecule has 1 amide bonds. The fourth-order valence-corrected chi connectivity index (χ4v) is 2.36. The van der Waals surface area contributed by atoms with Gasteiger partial charge in [-0.1, -0.05) is 48.0 Å². The van der Waals surface area contributed by atoms with Crippen molar-refractivity contribution in [2.24, 2.45) is 5.73 Å². The van der Waals surface area contributed by atoms with Gasteiger partial charge in [-0.3, -0.25) is 4.79 Å². The van der Waals surface area contributed by atoms with Crippen LogP contribution in [0.15, 0.2) is 53.0 Å². The number of carbonyl (C=O) groups is 1.